The van der Waals surface area contributed by atoms with Crippen LogP contribution in [0.3, 0.4) is 0 Å². The molecule has 8 heteroatoms. The monoisotopic (exact) mass is 462 g/mol. The topological polar surface area (TPSA) is 23.6 Å². The van der Waals surface area contributed by atoms with E-state index in [1.54, 1.807) is 11.8 Å². The first kappa shape index (κ1) is 25.9. The molecule has 0 unspecified atom stereocenters. The van der Waals surface area contributed by atoms with E-state index in [1.165, 1.54) is 23.1 Å². The minimum atomic E-state index is -0.500. The lowest BCUT2D eigenvalue weighted by Gasteiger charge is -2.34. The fourth-order valence-corrected chi connectivity index (χ4v) is 3.70. The van der Waals surface area contributed by atoms with E-state index in [0.717, 1.165) is 18.7 Å². The number of thioether (sulfide) groups is 1. The number of benzene rings is 2. The van der Waals surface area contributed by atoms with Gasteiger partial charge in [0.1, 0.15) is 11.6 Å². The summed E-state index contributed by atoms with van der Waals surface area (Å²) < 4.78 is 27.6. The average molecular weight is 463 g/mol. The third kappa shape index (κ3) is 7.54. The van der Waals surface area contributed by atoms with E-state index in [1.807, 2.05) is 35.4 Å². The fourth-order valence-electron chi connectivity index (χ4n) is 3.29. The predicted octanol–water partition coefficient (Wildman–Crippen LogP) is 4.46. The van der Waals surface area contributed by atoms with Gasteiger partial charge in [0.2, 0.25) is 0 Å². The van der Waals surface area contributed by atoms with Crippen molar-refractivity contribution in [3.8, 4) is 0 Å². The molecule has 0 aromatic heterocycles. The van der Waals surface area contributed by atoms with Crippen LogP contribution in [0.4, 0.5) is 8.78 Å². The quantitative estimate of drug-likeness (QED) is 0.566. The highest BCUT2D eigenvalue weighted by Crippen LogP contribution is 2.17. The standard InChI is InChI=1S/C21H24F2N2OS.2ClH/c1-27-18-7-5-16(6-8-18)13-17(26)14-24-9-11-25(12-10-24)15-19-20(22)3-2-4-21(19)23;;/h2-8H,9-15H2,1H3;2*1H. The first-order valence-corrected chi connectivity index (χ1v) is 10.3. The van der Waals surface area contributed by atoms with Gasteiger partial charge in [0.05, 0.1) is 6.54 Å². The number of nitrogens with zero attached hydrogens (tertiary/aromatic N) is 2. The van der Waals surface area contributed by atoms with Crippen LogP contribution < -0.4 is 0 Å². The lowest BCUT2D eigenvalue weighted by Crippen LogP contribution is -2.47. The Morgan fingerprint density at radius 3 is 2.03 bits per heavy atom. The van der Waals surface area contributed by atoms with E-state index in [2.05, 4.69) is 4.90 Å². The molecule has 0 bridgehead atoms. The van der Waals surface area contributed by atoms with Crippen molar-refractivity contribution in [2.75, 3.05) is 39.0 Å². The van der Waals surface area contributed by atoms with Crippen LogP contribution in [0.2, 0.25) is 0 Å². The normalized spacial score (nSPS) is 14.7. The van der Waals surface area contributed by atoms with Gasteiger partial charge in [-0.2, -0.15) is 0 Å². The van der Waals surface area contributed by atoms with Crippen molar-refractivity contribution in [2.45, 2.75) is 17.9 Å². The number of rotatable bonds is 7. The lowest BCUT2D eigenvalue weighted by molar-refractivity contribution is -0.120. The Labute approximate surface area is 187 Å². The van der Waals surface area contributed by atoms with Crippen LogP contribution in [0.5, 0.6) is 0 Å². The molecule has 1 aliphatic rings. The summed E-state index contributed by atoms with van der Waals surface area (Å²) in [7, 11) is 0. The zero-order chi connectivity index (χ0) is 19.2. The molecule has 1 aliphatic heterocycles. The lowest BCUT2D eigenvalue weighted by atomic mass is 10.1. The van der Waals surface area contributed by atoms with Gasteiger partial charge in [-0.15, -0.1) is 36.6 Å². The second kappa shape index (κ2) is 12.5. The molecule has 160 valence electrons. The summed E-state index contributed by atoms with van der Waals surface area (Å²) in [6.45, 7) is 3.54. The fraction of sp³-hybridized carbons (Fsp3) is 0.381. The molecule has 0 amide bonds. The van der Waals surface area contributed by atoms with Gasteiger partial charge < -0.3 is 0 Å². The molecule has 0 spiro atoms. The molecule has 3 nitrogen and oxygen atoms in total. The molecular formula is C21H26Cl2F2N2OS. The number of carbonyl (C=O) groups excluding carboxylic acids is 1. The Kier molecular flexibility index (Phi) is 11.1. The molecule has 0 aliphatic carbocycles. The predicted molar refractivity (Wildman–Crippen MR) is 120 cm³/mol. The van der Waals surface area contributed by atoms with Crippen LogP contribution >= 0.6 is 36.6 Å². The highest BCUT2D eigenvalue weighted by atomic mass is 35.5. The van der Waals surface area contributed by atoms with Crippen molar-refractivity contribution >= 4 is 42.4 Å². The van der Waals surface area contributed by atoms with Gasteiger partial charge in [0.25, 0.3) is 0 Å². The Morgan fingerprint density at radius 1 is 0.931 bits per heavy atom. The maximum atomic E-state index is 13.8. The zero-order valence-corrected chi connectivity index (χ0v) is 18.7. The van der Waals surface area contributed by atoms with E-state index >= 15 is 0 Å². The minimum Gasteiger partial charge on any atom is -0.298 e. The maximum Gasteiger partial charge on any atom is 0.151 e. The van der Waals surface area contributed by atoms with Gasteiger partial charge in [0.15, 0.2) is 5.78 Å². The number of ketones is 1. The molecule has 0 N–H and O–H groups in total. The van der Waals surface area contributed by atoms with E-state index in [-0.39, 0.29) is 42.7 Å². The molecule has 3 rings (SSSR count). The van der Waals surface area contributed by atoms with Crippen LogP contribution in [0, 0.1) is 11.6 Å². The Hall–Kier alpha value is -1.18. The van der Waals surface area contributed by atoms with Crippen LogP contribution in [0.15, 0.2) is 47.4 Å². The average Bonchev–Trinajstić information content (AvgIpc) is 2.67. The highest BCUT2D eigenvalue weighted by molar-refractivity contribution is 7.98. The molecule has 0 atom stereocenters. The summed E-state index contributed by atoms with van der Waals surface area (Å²) >= 11 is 1.68. The highest BCUT2D eigenvalue weighted by Gasteiger charge is 2.21. The second-order valence-electron chi connectivity index (χ2n) is 6.82. The molecule has 2 aromatic rings. The Bertz CT molecular complexity index is 765. The van der Waals surface area contributed by atoms with Crippen LogP contribution in [-0.4, -0.2) is 54.6 Å². The Morgan fingerprint density at radius 2 is 1.48 bits per heavy atom. The van der Waals surface area contributed by atoms with E-state index < -0.39 is 11.6 Å². The third-order valence-electron chi connectivity index (χ3n) is 4.87. The second-order valence-corrected chi connectivity index (χ2v) is 7.70. The van der Waals surface area contributed by atoms with Crippen molar-refractivity contribution in [2.24, 2.45) is 0 Å². The number of hydrogen-bond donors (Lipinski definition) is 0. The van der Waals surface area contributed by atoms with Crippen molar-refractivity contribution < 1.29 is 13.6 Å². The van der Waals surface area contributed by atoms with Crippen molar-refractivity contribution in [3.05, 3.63) is 65.2 Å². The largest absolute Gasteiger partial charge is 0.298 e. The molecule has 29 heavy (non-hydrogen) atoms. The first-order chi connectivity index (χ1) is 13.0. The van der Waals surface area contributed by atoms with Gasteiger partial charge in [0, 0.05) is 49.6 Å². The summed E-state index contributed by atoms with van der Waals surface area (Å²) in [6, 6.07) is 12.0. The van der Waals surface area contributed by atoms with Gasteiger partial charge in [-0.05, 0) is 36.1 Å². The number of carbonyl (C=O) groups is 1. The van der Waals surface area contributed by atoms with Crippen molar-refractivity contribution in [1.82, 2.24) is 9.80 Å². The van der Waals surface area contributed by atoms with Gasteiger partial charge in [-0.1, -0.05) is 18.2 Å². The number of piperazine rings is 1. The molecule has 1 fully saturated rings. The maximum absolute atomic E-state index is 13.8. The molecular weight excluding hydrogens is 437 g/mol. The SMILES string of the molecule is CSc1ccc(CC(=O)CN2CCN(Cc3c(F)cccc3F)CC2)cc1.Cl.Cl. The van der Waals surface area contributed by atoms with Crippen molar-refractivity contribution in [1.29, 1.82) is 0 Å². The first-order valence-electron chi connectivity index (χ1n) is 9.07. The molecule has 1 saturated heterocycles. The smallest absolute Gasteiger partial charge is 0.151 e. The summed E-state index contributed by atoms with van der Waals surface area (Å²) in [5, 5.41) is 0. The van der Waals surface area contributed by atoms with E-state index in [4.69, 9.17) is 0 Å². The minimum absolute atomic E-state index is 0. The van der Waals surface area contributed by atoms with Gasteiger partial charge in [-0.25, -0.2) is 8.78 Å². The Balaban J connectivity index is 0.00000210. The zero-order valence-electron chi connectivity index (χ0n) is 16.3. The third-order valence-corrected chi connectivity index (χ3v) is 5.61. The van der Waals surface area contributed by atoms with Gasteiger partial charge in [-0.3, -0.25) is 14.6 Å². The molecule has 2 aromatic carbocycles. The summed E-state index contributed by atoms with van der Waals surface area (Å²) in [5.41, 5.74) is 1.15. The number of hydrogen-bond acceptors (Lipinski definition) is 4. The summed E-state index contributed by atoms with van der Waals surface area (Å²) in [5.74, 6) is -0.805. The molecule has 1 heterocycles. The number of Topliss-reactive ketones (excluding diaryl/α,β-unsaturated/α-hetero) is 1. The summed E-state index contributed by atoms with van der Waals surface area (Å²) in [4.78, 5) is 17.7. The van der Waals surface area contributed by atoms with E-state index in [0.29, 0.717) is 26.1 Å². The van der Waals surface area contributed by atoms with Crippen molar-refractivity contribution in [3.63, 3.8) is 0 Å². The molecule has 0 saturated carbocycles. The summed E-state index contributed by atoms with van der Waals surface area (Å²) in [6.07, 6.45) is 2.47. The van der Waals surface area contributed by atoms with Crippen LogP contribution in [-0.2, 0) is 17.8 Å². The van der Waals surface area contributed by atoms with Crippen LogP contribution in [0.1, 0.15) is 11.1 Å². The van der Waals surface area contributed by atoms with E-state index in [9.17, 15) is 13.6 Å². The van der Waals surface area contributed by atoms with Crippen LogP contribution in [0.25, 0.3) is 0 Å². The number of halogens is 4. The molecule has 0 radical (unpaired) electrons. The van der Waals surface area contributed by atoms with Gasteiger partial charge >= 0.3 is 0 Å².